The number of aryl methyl sites for hydroxylation is 2. The van der Waals surface area contributed by atoms with Gasteiger partial charge in [0.2, 0.25) is 10.0 Å². The van der Waals surface area contributed by atoms with Crippen molar-refractivity contribution in [2.75, 3.05) is 19.8 Å². The standard InChI is InChI=1S/C15H23NO4S/c1-4-20-13-7-12(3)14(8-11(13)2)21(18,19)16-9-15(10-17)5-6-15/h7-8,16-17H,4-6,9-10H2,1-3H3. The van der Waals surface area contributed by atoms with E-state index in [1.807, 2.05) is 13.8 Å². The van der Waals surface area contributed by atoms with E-state index in [1.165, 1.54) is 0 Å². The van der Waals surface area contributed by atoms with E-state index in [9.17, 15) is 13.5 Å². The molecule has 6 heteroatoms. The average Bonchev–Trinajstić information content (AvgIpc) is 3.21. The van der Waals surface area contributed by atoms with E-state index in [1.54, 1.807) is 19.1 Å². The summed E-state index contributed by atoms with van der Waals surface area (Å²) in [5, 5.41) is 9.27. The van der Waals surface area contributed by atoms with Crippen molar-refractivity contribution in [1.29, 1.82) is 0 Å². The first-order chi connectivity index (χ1) is 9.83. The molecule has 118 valence electrons. The number of aliphatic hydroxyl groups is 1. The van der Waals surface area contributed by atoms with Crippen LogP contribution >= 0.6 is 0 Å². The largest absolute Gasteiger partial charge is 0.494 e. The van der Waals surface area contributed by atoms with Gasteiger partial charge in [0.05, 0.1) is 11.5 Å². The Hall–Kier alpha value is -1.11. The Labute approximate surface area is 126 Å². The molecule has 0 heterocycles. The van der Waals surface area contributed by atoms with Crippen molar-refractivity contribution in [2.45, 2.75) is 38.5 Å². The van der Waals surface area contributed by atoms with Gasteiger partial charge in [-0.15, -0.1) is 0 Å². The van der Waals surface area contributed by atoms with Gasteiger partial charge >= 0.3 is 0 Å². The monoisotopic (exact) mass is 313 g/mol. The van der Waals surface area contributed by atoms with Gasteiger partial charge in [0, 0.05) is 18.6 Å². The smallest absolute Gasteiger partial charge is 0.240 e. The zero-order chi connectivity index (χ0) is 15.7. The summed E-state index contributed by atoms with van der Waals surface area (Å²) in [5.74, 6) is 0.711. The summed E-state index contributed by atoms with van der Waals surface area (Å²) in [6.45, 7) is 6.35. The van der Waals surface area contributed by atoms with Crippen LogP contribution in [0, 0.1) is 19.3 Å². The van der Waals surface area contributed by atoms with Crippen molar-refractivity contribution < 1.29 is 18.3 Å². The van der Waals surface area contributed by atoms with Crippen LogP contribution in [0.4, 0.5) is 0 Å². The average molecular weight is 313 g/mol. The Morgan fingerprint density at radius 3 is 2.48 bits per heavy atom. The number of hydrogen-bond donors (Lipinski definition) is 2. The lowest BCUT2D eigenvalue weighted by molar-refractivity contribution is 0.213. The fraction of sp³-hybridized carbons (Fsp3) is 0.600. The first-order valence-electron chi connectivity index (χ1n) is 7.18. The molecule has 0 radical (unpaired) electrons. The molecule has 1 aromatic rings. The van der Waals surface area contributed by atoms with Gasteiger partial charge in [0.25, 0.3) is 0 Å². The first kappa shape index (κ1) is 16.3. The van der Waals surface area contributed by atoms with Gasteiger partial charge < -0.3 is 9.84 Å². The first-order valence-corrected chi connectivity index (χ1v) is 8.66. The van der Waals surface area contributed by atoms with Crippen molar-refractivity contribution in [3.8, 4) is 5.75 Å². The van der Waals surface area contributed by atoms with Crippen LogP contribution in [-0.4, -0.2) is 33.3 Å². The van der Waals surface area contributed by atoms with Gasteiger partial charge in [-0.2, -0.15) is 0 Å². The number of rotatable bonds is 7. The molecule has 0 spiro atoms. The second-order valence-corrected chi connectivity index (χ2v) is 7.53. The summed E-state index contributed by atoms with van der Waals surface area (Å²) in [5.41, 5.74) is 1.21. The fourth-order valence-electron chi connectivity index (χ4n) is 2.26. The summed E-state index contributed by atoms with van der Waals surface area (Å²) in [6.07, 6.45) is 1.74. The highest BCUT2D eigenvalue weighted by molar-refractivity contribution is 7.89. The number of benzene rings is 1. The molecule has 1 aliphatic carbocycles. The minimum atomic E-state index is -3.57. The number of ether oxygens (including phenoxy) is 1. The van der Waals surface area contributed by atoms with Crippen molar-refractivity contribution in [1.82, 2.24) is 4.72 Å². The maximum Gasteiger partial charge on any atom is 0.240 e. The van der Waals surface area contributed by atoms with Gasteiger partial charge in [0.15, 0.2) is 0 Å². The van der Waals surface area contributed by atoms with E-state index in [0.29, 0.717) is 17.9 Å². The molecule has 0 unspecified atom stereocenters. The van der Waals surface area contributed by atoms with E-state index in [2.05, 4.69) is 4.72 Å². The van der Waals surface area contributed by atoms with Crippen LogP contribution in [0.2, 0.25) is 0 Å². The zero-order valence-electron chi connectivity index (χ0n) is 12.8. The molecule has 1 aromatic carbocycles. The molecular weight excluding hydrogens is 290 g/mol. The second kappa shape index (κ2) is 5.94. The minimum absolute atomic E-state index is 0.0246. The molecular formula is C15H23NO4S. The molecule has 1 fully saturated rings. The van der Waals surface area contributed by atoms with E-state index in [-0.39, 0.29) is 23.5 Å². The van der Waals surface area contributed by atoms with Crippen LogP contribution in [0.5, 0.6) is 5.75 Å². The van der Waals surface area contributed by atoms with Crippen LogP contribution in [0.15, 0.2) is 17.0 Å². The highest BCUT2D eigenvalue weighted by Crippen LogP contribution is 2.44. The van der Waals surface area contributed by atoms with Crippen LogP contribution in [0.1, 0.15) is 30.9 Å². The van der Waals surface area contributed by atoms with Crippen molar-refractivity contribution >= 4 is 10.0 Å². The molecule has 0 aromatic heterocycles. The Bertz CT molecular complexity index is 621. The number of sulfonamides is 1. The summed E-state index contributed by atoms with van der Waals surface area (Å²) in [6, 6.07) is 3.40. The molecule has 1 aliphatic rings. The Balaban J connectivity index is 2.21. The van der Waals surface area contributed by atoms with Gasteiger partial charge in [-0.1, -0.05) is 0 Å². The van der Waals surface area contributed by atoms with Crippen LogP contribution in [0.25, 0.3) is 0 Å². The van der Waals surface area contributed by atoms with Crippen LogP contribution < -0.4 is 9.46 Å². The lowest BCUT2D eigenvalue weighted by Crippen LogP contribution is -2.32. The summed E-state index contributed by atoms with van der Waals surface area (Å²) >= 11 is 0. The molecule has 2 rings (SSSR count). The highest BCUT2D eigenvalue weighted by Gasteiger charge is 2.42. The zero-order valence-corrected chi connectivity index (χ0v) is 13.6. The number of hydrogen-bond acceptors (Lipinski definition) is 4. The van der Waals surface area contributed by atoms with Crippen molar-refractivity contribution in [3.05, 3.63) is 23.3 Å². The van der Waals surface area contributed by atoms with Crippen LogP contribution in [-0.2, 0) is 10.0 Å². The Morgan fingerprint density at radius 1 is 1.29 bits per heavy atom. The molecule has 2 N–H and O–H groups in total. The van der Waals surface area contributed by atoms with Crippen molar-refractivity contribution in [2.24, 2.45) is 5.41 Å². The SMILES string of the molecule is CCOc1cc(C)c(S(=O)(=O)NCC2(CO)CC2)cc1C. The molecule has 5 nitrogen and oxygen atoms in total. The Kier molecular flexibility index (Phi) is 4.60. The van der Waals surface area contributed by atoms with E-state index >= 15 is 0 Å². The lowest BCUT2D eigenvalue weighted by atomic mass is 10.1. The minimum Gasteiger partial charge on any atom is -0.494 e. The third-order valence-corrected chi connectivity index (χ3v) is 5.53. The topological polar surface area (TPSA) is 75.6 Å². The maximum absolute atomic E-state index is 12.4. The van der Waals surface area contributed by atoms with Gasteiger partial charge in [0.1, 0.15) is 5.75 Å². The lowest BCUT2D eigenvalue weighted by Gasteiger charge is -2.16. The quantitative estimate of drug-likeness (QED) is 0.804. The Morgan fingerprint density at radius 2 is 1.95 bits per heavy atom. The second-order valence-electron chi connectivity index (χ2n) is 5.80. The third-order valence-electron chi connectivity index (χ3n) is 3.99. The molecule has 0 amide bonds. The highest BCUT2D eigenvalue weighted by atomic mass is 32.2. The van der Waals surface area contributed by atoms with Crippen molar-refractivity contribution in [3.63, 3.8) is 0 Å². The molecule has 1 saturated carbocycles. The predicted molar refractivity (Wildman–Crippen MR) is 81.0 cm³/mol. The summed E-state index contributed by atoms with van der Waals surface area (Å²) in [7, 11) is -3.57. The molecule has 0 saturated heterocycles. The fourth-order valence-corrected chi connectivity index (χ4v) is 3.72. The van der Waals surface area contributed by atoms with Gasteiger partial charge in [-0.3, -0.25) is 0 Å². The van der Waals surface area contributed by atoms with Crippen LogP contribution in [0.3, 0.4) is 0 Å². The number of aliphatic hydroxyl groups excluding tert-OH is 1. The van der Waals surface area contributed by atoms with Gasteiger partial charge in [-0.05, 0) is 56.9 Å². The molecule has 0 bridgehead atoms. The predicted octanol–water partition coefficient (Wildman–Crippen LogP) is 1.75. The summed E-state index contributed by atoms with van der Waals surface area (Å²) in [4.78, 5) is 0.275. The molecule has 21 heavy (non-hydrogen) atoms. The maximum atomic E-state index is 12.4. The molecule has 0 aliphatic heterocycles. The molecule has 0 atom stereocenters. The normalized spacial score (nSPS) is 16.8. The van der Waals surface area contributed by atoms with E-state index in [0.717, 1.165) is 18.4 Å². The van der Waals surface area contributed by atoms with E-state index < -0.39 is 10.0 Å². The third kappa shape index (κ3) is 3.56. The van der Waals surface area contributed by atoms with Gasteiger partial charge in [-0.25, -0.2) is 13.1 Å². The van der Waals surface area contributed by atoms with E-state index in [4.69, 9.17) is 4.74 Å². The summed E-state index contributed by atoms with van der Waals surface area (Å²) < 4.78 is 33.0. The number of nitrogens with one attached hydrogen (secondary N) is 1.